The normalized spacial score (nSPS) is 23.0. The Morgan fingerprint density at radius 1 is 1.21 bits per heavy atom. The summed E-state index contributed by atoms with van der Waals surface area (Å²) in [6, 6.07) is 8.08. The molecule has 0 radical (unpaired) electrons. The second kappa shape index (κ2) is 7.79. The molecular formula is C19H26N2O3. The van der Waals surface area contributed by atoms with Crippen molar-refractivity contribution in [3.8, 4) is 0 Å². The van der Waals surface area contributed by atoms with Gasteiger partial charge in [-0.25, -0.2) is 0 Å². The van der Waals surface area contributed by atoms with Crippen LogP contribution in [0, 0.1) is 11.8 Å². The summed E-state index contributed by atoms with van der Waals surface area (Å²) in [7, 11) is 1.61. The van der Waals surface area contributed by atoms with E-state index in [0.29, 0.717) is 13.2 Å². The van der Waals surface area contributed by atoms with Gasteiger partial charge in [-0.3, -0.25) is 9.59 Å². The van der Waals surface area contributed by atoms with Crippen LogP contribution in [0.1, 0.15) is 31.2 Å². The summed E-state index contributed by atoms with van der Waals surface area (Å²) in [5.41, 5.74) is 2.24. The third-order valence-electron chi connectivity index (χ3n) is 5.18. The van der Waals surface area contributed by atoms with Crippen molar-refractivity contribution in [1.29, 1.82) is 0 Å². The first-order valence-corrected chi connectivity index (χ1v) is 8.88. The fraction of sp³-hybridized carbons (Fsp3) is 0.579. The van der Waals surface area contributed by atoms with E-state index >= 15 is 0 Å². The number of ether oxygens (including phenoxy) is 1. The quantitative estimate of drug-likeness (QED) is 0.842. The molecule has 1 aliphatic heterocycles. The molecular weight excluding hydrogens is 304 g/mol. The Kier molecular flexibility index (Phi) is 5.51. The third kappa shape index (κ3) is 3.46. The molecule has 1 heterocycles. The Balaban J connectivity index is 1.71. The average Bonchev–Trinajstić information content (AvgIpc) is 3.05. The minimum Gasteiger partial charge on any atom is -0.383 e. The van der Waals surface area contributed by atoms with Gasteiger partial charge >= 0.3 is 0 Å². The molecule has 0 spiro atoms. The first-order chi connectivity index (χ1) is 11.7. The van der Waals surface area contributed by atoms with Crippen LogP contribution >= 0.6 is 0 Å². The number of fused-ring (bicyclic) bond motifs is 1. The molecule has 1 N–H and O–H groups in total. The van der Waals surface area contributed by atoms with E-state index in [1.807, 2.05) is 23.1 Å². The van der Waals surface area contributed by atoms with Gasteiger partial charge in [0.15, 0.2) is 0 Å². The number of carbonyl (C=O) groups excluding carboxylic acids is 2. The van der Waals surface area contributed by atoms with Gasteiger partial charge in [-0.05, 0) is 30.9 Å². The number of carbonyl (C=O) groups is 2. The molecule has 3 rings (SSSR count). The number of hydrogen-bond donors (Lipinski definition) is 1. The fourth-order valence-corrected chi connectivity index (χ4v) is 3.91. The predicted octanol–water partition coefficient (Wildman–Crippen LogP) is 2.14. The van der Waals surface area contributed by atoms with Crippen LogP contribution in [0.4, 0.5) is 5.69 Å². The summed E-state index contributed by atoms with van der Waals surface area (Å²) < 4.78 is 4.98. The number of hydrogen-bond acceptors (Lipinski definition) is 3. The lowest BCUT2D eigenvalue weighted by Gasteiger charge is -2.32. The highest BCUT2D eigenvalue weighted by Crippen LogP contribution is 2.35. The number of nitrogens with zero attached hydrogens (tertiary/aromatic N) is 1. The summed E-state index contributed by atoms with van der Waals surface area (Å²) in [5.74, 6) is -0.299. The Labute approximate surface area is 143 Å². The molecule has 1 aromatic rings. The molecule has 0 aromatic heterocycles. The van der Waals surface area contributed by atoms with Crippen molar-refractivity contribution in [2.45, 2.75) is 32.1 Å². The molecule has 1 aromatic carbocycles. The van der Waals surface area contributed by atoms with Crippen LogP contribution in [0.5, 0.6) is 0 Å². The summed E-state index contributed by atoms with van der Waals surface area (Å²) >= 11 is 0. The maximum Gasteiger partial charge on any atom is 0.230 e. The van der Waals surface area contributed by atoms with E-state index in [-0.39, 0.29) is 23.7 Å². The van der Waals surface area contributed by atoms with Crippen LogP contribution in [-0.2, 0) is 20.7 Å². The lowest BCUT2D eigenvalue weighted by atomic mass is 9.77. The molecule has 0 bridgehead atoms. The Bertz CT molecular complexity index is 602. The molecule has 1 aliphatic carbocycles. The summed E-state index contributed by atoms with van der Waals surface area (Å²) in [4.78, 5) is 27.5. The van der Waals surface area contributed by atoms with E-state index in [9.17, 15) is 9.59 Å². The van der Waals surface area contributed by atoms with Crippen molar-refractivity contribution in [3.63, 3.8) is 0 Å². The highest BCUT2D eigenvalue weighted by molar-refractivity contribution is 5.99. The number of rotatable bonds is 5. The maximum atomic E-state index is 13.1. The molecule has 2 aliphatic rings. The van der Waals surface area contributed by atoms with Crippen LogP contribution in [0.2, 0.25) is 0 Å². The summed E-state index contributed by atoms with van der Waals surface area (Å²) in [6.45, 7) is 1.72. The molecule has 2 amide bonds. The number of methoxy groups -OCH3 is 1. The zero-order valence-corrected chi connectivity index (χ0v) is 14.3. The second-order valence-corrected chi connectivity index (χ2v) is 6.65. The number of anilines is 1. The molecule has 1 fully saturated rings. The minimum atomic E-state index is -0.212. The van der Waals surface area contributed by atoms with Gasteiger partial charge in [0.2, 0.25) is 11.8 Å². The minimum absolute atomic E-state index is 0.00224. The van der Waals surface area contributed by atoms with E-state index in [4.69, 9.17) is 4.74 Å². The zero-order chi connectivity index (χ0) is 16.9. The molecule has 5 heteroatoms. The van der Waals surface area contributed by atoms with Gasteiger partial charge in [0.25, 0.3) is 0 Å². The summed E-state index contributed by atoms with van der Waals surface area (Å²) in [6.07, 6.45) is 4.54. The van der Waals surface area contributed by atoms with Crippen LogP contribution in [-0.4, -0.2) is 38.6 Å². The average molecular weight is 330 g/mol. The van der Waals surface area contributed by atoms with Gasteiger partial charge in [-0.1, -0.05) is 31.0 Å². The SMILES string of the molecule is COCCNC(=O)C1CCCCC1C(=O)N1CCc2ccccc21. The number of benzene rings is 1. The predicted molar refractivity (Wildman–Crippen MR) is 92.8 cm³/mol. The van der Waals surface area contributed by atoms with Gasteiger partial charge in [-0.2, -0.15) is 0 Å². The molecule has 5 nitrogen and oxygen atoms in total. The highest BCUT2D eigenvalue weighted by Gasteiger charge is 2.39. The van der Waals surface area contributed by atoms with E-state index in [0.717, 1.165) is 44.3 Å². The van der Waals surface area contributed by atoms with Crippen molar-refractivity contribution in [3.05, 3.63) is 29.8 Å². The topological polar surface area (TPSA) is 58.6 Å². The van der Waals surface area contributed by atoms with Crippen molar-refractivity contribution in [2.75, 3.05) is 31.7 Å². The van der Waals surface area contributed by atoms with Gasteiger partial charge < -0.3 is 15.0 Å². The van der Waals surface area contributed by atoms with Crippen LogP contribution < -0.4 is 10.2 Å². The van der Waals surface area contributed by atoms with Crippen LogP contribution in [0.25, 0.3) is 0 Å². The van der Waals surface area contributed by atoms with Gasteiger partial charge in [0, 0.05) is 31.8 Å². The van der Waals surface area contributed by atoms with Crippen LogP contribution in [0.3, 0.4) is 0 Å². The standard InChI is InChI=1S/C19H26N2O3/c1-24-13-11-20-18(22)15-7-3-4-8-16(15)19(23)21-12-10-14-6-2-5-9-17(14)21/h2,5-6,9,15-16H,3-4,7-8,10-13H2,1H3,(H,20,22). The Morgan fingerprint density at radius 2 is 1.96 bits per heavy atom. The molecule has 1 saturated carbocycles. The molecule has 130 valence electrons. The zero-order valence-electron chi connectivity index (χ0n) is 14.3. The highest BCUT2D eigenvalue weighted by atomic mass is 16.5. The number of nitrogens with one attached hydrogen (secondary N) is 1. The lowest BCUT2D eigenvalue weighted by molar-refractivity contribution is -0.135. The van der Waals surface area contributed by atoms with Crippen LogP contribution in [0.15, 0.2) is 24.3 Å². The molecule has 2 atom stereocenters. The van der Waals surface area contributed by atoms with Crippen molar-refractivity contribution in [1.82, 2.24) is 5.32 Å². The van der Waals surface area contributed by atoms with Gasteiger partial charge in [0.05, 0.1) is 12.5 Å². The number of para-hydroxylation sites is 1. The second-order valence-electron chi connectivity index (χ2n) is 6.65. The monoisotopic (exact) mass is 330 g/mol. The fourth-order valence-electron chi connectivity index (χ4n) is 3.91. The summed E-state index contributed by atoms with van der Waals surface area (Å²) in [5, 5.41) is 2.91. The van der Waals surface area contributed by atoms with Crippen molar-refractivity contribution < 1.29 is 14.3 Å². The van der Waals surface area contributed by atoms with E-state index in [1.54, 1.807) is 7.11 Å². The molecule has 0 saturated heterocycles. The van der Waals surface area contributed by atoms with Gasteiger partial charge in [0.1, 0.15) is 0 Å². The van der Waals surface area contributed by atoms with Crippen molar-refractivity contribution in [2.24, 2.45) is 11.8 Å². The lowest BCUT2D eigenvalue weighted by Crippen LogP contribution is -2.45. The third-order valence-corrected chi connectivity index (χ3v) is 5.18. The largest absolute Gasteiger partial charge is 0.383 e. The van der Waals surface area contributed by atoms with E-state index in [2.05, 4.69) is 11.4 Å². The van der Waals surface area contributed by atoms with Gasteiger partial charge in [-0.15, -0.1) is 0 Å². The number of amides is 2. The first-order valence-electron chi connectivity index (χ1n) is 8.88. The molecule has 2 unspecified atom stereocenters. The Morgan fingerprint density at radius 3 is 2.75 bits per heavy atom. The van der Waals surface area contributed by atoms with Crippen molar-refractivity contribution >= 4 is 17.5 Å². The molecule has 24 heavy (non-hydrogen) atoms. The first kappa shape index (κ1) is 17.0. The smallest absolute Gasteiger partial charge is 0.230 e. The maximum absolute atomic E-state index is 13.1. The van der Waals surface area contributed by atoms with E-state index < -0.39 is 0 Å². The Hall–Kier alpha value is -1.88. The van der Waals surface area contributed by atoms with E-state index in [1.165, 1.54) is 5.56 Å².